The fourth-order valence-electron chi connectivity index (χ4n) is 7.20. The van der Waals surface area contributed by atoms with Gasteiger partial charge >= 0.3 is 0 Å². The minimum absolute atomic E-state index is 0.101. The Bertz CT molecular complexity index is 2110. The number of pyridine rings is 1. The van der Waals surface area contributed by atoms with Crippen molar-refractivity contribution in [3.63, 3.8) is 0 Å². The molecule has 10 heteroatoms. The van der Waals surface area contributed by atoms with Gasteiger partial charge in [-0.05, 0) is 99.4 Å². The molecule has 254 valence electrons. The molecular formula is C39H43N5O4S. The topological polar surface area (TPSA) is 88.0 Å². The molecule has 0 unspecified atom stereocenters. The molecule has 0 atom stereocenters. The number of ether oxygens (including phenoxy) is 1. The first-order valence-corrected chi connectivity index (χ1v) is 18.3. The number of carbonyl (C=O) groups excluding carboxylic acids is 1. The number of aromatic nitrogens is 2. The van der Waals surface area contributed by atoms with Crippen LogP contribution in [-0.2, 0) is 23.0 Å². The lowest BCUT2D eigenvalue weighted by atomic mass is 9.91. The molecule has 0 radical (unpaired) electrons. The second-order valence-corrected chi connectivity index (χ2v) is 15.4. The number of fused-ring (bicyclic) bond motifs is 2. The standard InChI is InChI=1S/C39H43N5O4S/c1-26-6-12-33(13-7-26)49(46,47)44-25-35(27-8-10-28(11-9-27)39(45)41(2)3)34-21-31(23-40-38(34)44)30-20-29-14-19-43(24-36(29)37(22-30)48-5)32-15-17-42(4)18-16-32/h6-13,20-23,25,32H,14-19,24H2,1-5H3. The van der Waals surface area contributed by atoms with Crippen molar-refractivity contribution < 1.29 is 17.9 Å². The molecule has 49 heavy (non-hydrogen) atoms. The third-order valence-corrected chi connectivity index (χ3v) is 11.8. The second-order valence-electron chi connectivity index (χ2n) is 13.6. The van der Waals surface area contributed by atoms with Gasteiger partial charge in [-0.1, -0.05) is 35.9 Å². The molecule has 0 N–H and O–H groups in total. The summed E-state index contributed by atoms with van der Waals surface area (Å²) >= 11 is 0. The summed E-state index contributed by atoms with van der Waals surface area (Å²) in [6, 6.07) is 21.0. The van der Waals surface area contributed by atoms with E-state index in [4.69, 9.17) is 9.72 Å². The largest absolute Gasteiger partial charge is 0.496 e. The number of methoxy groups -OCH3 is 1. The third-order valence-electron chi connectivity index (χ3n) is 10.1. The molecule has 5 aromatic rings. The number of hydrogen-bond donors (Lipinski definition) is 0. The molecule has 0 bridgehead atoms. The average Bonchev–Trinajstić information content (AvgIpc) is 3.51. The Hall–Kier alpha value is -4.51. The van der Waals surface area contributed by atoms with Crippen LogP contribution in [0.3, 0.4) is 0 Å². The maximum atomic E-state index is 14.0. The summed E-state index contributed by atoms with van der Waals surface area (Å²) in [4.78, 5) is 24.1. The van der Waals surface area contributed by atoms with E-state index in [1.165, 1.54) is 32.8 Å². The van der Waals surface area contributed by atoms with E-state index < -0.39 is 10.0 Å². The Morgan fingerprint density at radius 1 is 0.918 bits per heavy atom. The summed E-state index contributed by atoms with van der Waals surface area (Å²) in [5.41, 5.74) is 7.74. The second kappa shape index (κ2) is 13.1. The first-order chi connectivity index (χ1) is 23.5. The highest BCUT2D eigenvalue weighted by molar-refractivity contribution is 7.90. The summed E-state index contributed by atoms with van der Waals surface area (Å²) in [6.07, 6.45) is 6.71. The third kappa shape index (κ3) is 6.24. The number of rotatable bonds is 7. The molecule has 1 fully saturated rings. The van der Waals surface area contributed by atoms with Gasteiger partial charge < -0.3 is 14.5 Å². The van der Waals surface area contributed by atoms with E-state index in [1.807, 2.05) is 25.1 Å². The van der Waals surface area contributed by atoms with Gasteiger partial charge in [-0.2, -0.15) is 0 Å². The van der Waals surface area contributed by atoms with Gasteiger partial charge in [0.05, 0.1) is 12.0 Å². The Morgan fingerprint density at radius 3 is 2.31 bits per heavy atom. The monoisotopic (exact) mass is 677 g/mol. The van der Waals surface area contributed by atoms with E-state index in [0.29, 0.717) is 28.2 Å². The lowest BCUT2D eigenvalue weighted by Gasteiger charge is -2.40. The Balaban J connectivity index is 1.31. The van der Waals surface area contributed by atoms with E-state index >= 15 is 0 Å². The van der Waals surface area contributed by atoms with Crippen molar-refractivity contribution in [3.05, 3.63) is 101 Å². The van der Waals surface area contributed by atoms with Gasteiger partial charge in [-0.3, -0.25) is 9.69 Å². The molecule has 2 aromatic heterocycles. The van der Waals surface area contributed by atoms with Crippen LogP contribution in [-0.4, -0.2) is 91.9 Å². The predicted octanol–water partition coefficient (Wildman–Crippen LogP) is 6.08. The highest BCUT2D eigenvalue weighted by atomic mass is 32.2. The van der Waals surface area contributed by atoms with Crippen molar-refractivity contribution in [2.45, 2.75) is 43.7 Å². The van der Waals surface area contributed by atoms with Gasteiger partial charge in [0, 0.05) is 73.3 Å². The van der Waals surface area contributed by atoms with Crippen LogP contribution in [0.1, 0.15) is 39.9 Å². The van der Waals surface area contributed by atoms with Crippen LogP contribution in [0.2, 0.25) is 0 Å². The van der Waals surface area contributed by atoms with E-state index in [1.54, 1.807) is 70.0 Å². The van der Waals surface area contributed by atoms with Gasteiger partial charge in [0.15, 0.2) is 5.65 Å². The molecule has 0 aliphatic carbocycles. The number of nitrogens with zero attached hydrogens (tertiary/aromatic N) is 5. The molecular weight excluding hydrogens is 635 g/mol. The number of aryl methyl sites for hydroxylation is 1. The van der Waals surface area contributed by atoms with E-state index in [0.717, 1.165) is 60.6 Å². The smallest absolute Gasteiger partial charge is 0.269 e. The molecule has 2 aliphatic heterocycles. The number of hydrogen-bond acceptors (Lipinski definition) is 7. The lowest BCUT2D eigenvalue weighted by Crippen LogP contribution is -2.45. The zero-order valence-corrected chi connectivity index (χ0v) is 29.6. The molecule has 9 nitrogen and oxygen atoms in total. The van der Waals surface area contributed by atoms with Crippen LogP contribution in [0.5, 0.6) is 5.75 Å². The number of carbonyl (C=O) groups is 1. The van der Waals surface area contributed by atoms with Gasteiger partial charge in [-0.25, -0.2) is 17.4 Å². The quantitative estimate of drug-likeness (QED) is 0.207. The number of piperidine rings is 1. The number of likely N-dealkylation sites (tertiary alicyclic amines) is 1. The van der Waals surface area contributed by atoms with Gasteiger partial charge in [0.1, 0.15) is 5.75 Å². The Labute approximate surface area is 288 Å². The minimum atomic E-state index is -3.95. The predicted molar refractivity (Wildman–Crippen MR) is 194 cm³/mol. The van der Waals surface area contributed by atoms with Crippen molar-refractivity contribution in [2.75, 3.05) is 47.9 Å². The van der Waals surface area contributed by atoms with E-state index in [2.05, 4.69) is 29.0 Å². The molecule has 4 heterocycles. The van der Waals surface area contributed by atoms with Crippen molar-refractivity contribution in [2.24, 2.45) is 0 Å². The lowest BCUT2D eigenvalue weighted by molar-refractivity contribution is 0.0827. The Morgan fingerprint density at radius 2 is 1.63 bits per heavy atom. The summed E-state index contributed by atoms with van der Waals surface area (Å²) < 4.78 is 35.3. The number of benzene rings is 3. The van der Waals surface area contributed by atoms with Crippen molar-refractivity contribution in [1.82, 2.24) is 23.7 Å². The van der Waals surface area contributed by atoms with E-state index in [-0.39, 0.29) is 10.8 Å². The zero-order chi connectivity index (χ0) is 34.4. The first-order valence-electron chi connectivity index (χ1n) is 16.8. The maximum absolute atomic E-state index is 14.0. The van der Waals surface area contributed by atoms with Crippen LogP contribution in [0.15, 0.2) is 84.0 Å². The molecule has 0 spiro atoms. The fourth-order valence-corrected chi connectivity index (χ4v) is 8.52. The van der Waals surface area contributed by atoms with Crippen LogP contribution >= 0.6 is 0 Å². The average molecular weight is 678 g/mol. The van der Waals surface area contributed by atoms with Gasteiger partial charge in [0.25, 0.3) is 15.9 Å². The summed E-state index contributed by atoms with van der Waals surface area (Å²) in [7, 11) is 3.41. The van der Waals surface area contributed by atoms with Crippen LogP contribution in [0.25, 0.3) is 33.3 Å². The summed E-state index contributed by atoms with van der Waals surface area (Å²) in [5, 5.41) is 0.699. The molecule has 7 rings (SSSR count). The van der Waals surface area contributed by atoms with Crippen LogP contribution in [0.4, 0.5) is 0 Å². The van der Waals surface area contributed by atoms with Gasteiger partial charge in [-0.15, -0.1) is 0 Å². The van der Waals surface area contributed by atoms with Crippen molar-refractivity contribution in [3.8, 4) is 28.0 Å². The first kappa shape index (κ1) is 33.0. The minimum Gasteiger partial charge on any atom is -0.496 e. The fraction of sp³-hybridized carbons (Fsp3) is 0.333. The molecule has 1 amide bonds. The van der Waals surface area contributed by atoms with Gasteiger partial charge in [0.2, 0.25) is 0 Å². The molecule has 2 aliphatic rings. The highest BCUT2D eigenvalue weighted by Crippen LogP contribution is 2.38. The normalized spacial score (nSPS) is 16.1. The van der Waals surface area contributed by atoms with Crippen molar-refractivity contribution >= 4 is 27.0 Å². The van der Waals surface area contributed by atoms with E-state index in [9.17, 15) is 13.2 Å². The van der Waals surface area contributed by atoms with Crippen LogP contribution in [0, 0.1) is 6.92 Å². The molecule has 1 saturated heterocycles. The Kier molecular flexibility index (Phi) is 8.81. The molecule has 0 saturated carbocycles. The van der Waals surface area contributed by atoms with Crippen LogP contribution < -0.4 is 4.74 Å². The zero-order valence-electron chi connectivity index (χ0n) is 28.8. The number of amides is 1. The summed E-state index contributed by atoms with van der Waals surface area (Å²) in [6.45, 7) is 6.08. The SMILES string of the molecule is COc1cc(-c2cnc3c(c2)c(-c2ccc(C(=O)N(C)C)cc2)cn3S(=O)(=O)c2ccc(C)cc2)cc2c1CN(C1CCN(C)CC1)CC2. The van der Waals surface area contributed by atoms with Crippen molar-refractivity contribution in [1.29, 1.82) is 0 Å². The maximum Gasteiger partial charge on any atom is 0.269 e. The molecule has 3 aromatic carbocycles. The summed E-state index contributed by atoms with van der Waals surface area (Å²) in [5.74, 6) is 0.766. The highest BCUT2D eigenvalue weighted by Gasteiger charge is 2.29.